The molecule has 0 bridgehead atoms. The fourth-order valence-electron chi connectivity index (χ4n) is 1.57. The molecule has 0 N–H and O–H groups in total. The second-order valence-corrected chi connectivity index (χ2v) is 4.46. The summed E-state index contributed by atoms with van der Waals surface area (Å²) in [6.07, 6.45) is 9.73. The molecule has 0 aromatic carbocycles. The van der Waals surface area contributed by atoms with Crippen LogP contribution in [-0.4, -0.2) is 17.7 Å². The van der Waals surface area contributed by atoms with Crippen molar-refractivity contribution in [1.29, 1.82) is 0 Å². The summed E-state index contributed by atoms with van der Waals surface area (Å²) < 4.78 is 0. The van der Waals surface area contributed by atoms with E-state index in [9.17, 15) is 4.79 Å². The van der Waals surface area contributed by atoms with Crippen molar-refractivity contribution in [2.24, 2.45) is 5.92 Å². The zero-order valence-electron chi connectivity index (χ0n) is 8.14. The molecule has 1 heterocycles. The fourth-order valence-corrected chi connectivity index (χ4v) is 2.37. The van der Waals surface area contributed by atoms with Crippen LogP contribution in [0, 0.1) is 5.92 Å². The van der Waals surface area contributed by atoms with Crippen molar-refractivity contribution < 1.29 is 4.79 Å². The van der Waals surface area contributed by atoms with Crippen LogP contribution in [0.25, 0.3) is 0 Å². The number of allylic oxidation sites excluding steroid dienone is 3. The molecule has 0 saturated carbocycles. The Bertz CT molecular complexity index is 322. The van der Waals surface area contributed by atoms with Crippen molar-refractivity contribution in [2.75, 3.05) is 7.05 Å². The zero-order valence-corrected chi connectivity index (χ0v) is 8.96. The Morgan fingerprint density at radius 3 is 2.86 bits per heavy atom. The molecule has 0 saturated heterocycles. The second-order valence-electron chi connectivity index (χ2n) is 3.54. The van der Waals surface area contributed by atoms with Crippen molar-refractivity contribution in [1.82, 2.24) is 4.90 Å². The van der Waals surface area contributed by atoms with Crippen LogP contribution in [-0.2, 0) is 4.79 Å². The van der Waals surface area contributed by atoms with Crippen LogP contribution >= 0.6 is 11.8 Å². The molecule has 0 radical (unpaired) electrons. The number of hydrogen-bond donors (Lipinski definition) is 0. The van der Waals surface area contributed by atoms with Gasteiger partial charge < -0.3 is 4.90 Å². The minimum Gasteiger partial charge on any atom is -0.345 e. The molecular formula is C11H13NOS. The summed E-state index contributed by atoms with van der Waals surface area (Å²) in [5.41, 5.74) is 0. The van der Waals surface area contributed by atoms with E-state index in [0.717, 1.165) is 17.9 Å². The molecule has 0 unspecified atom stereocenters. The lowest BCUT2D eigenvalue weighted by Crippen LogP contribution is -2.11. The molecule has 0 aromatic rings. The highest BCUT2D eigenvalue weighted by Gasteiger charge is 2.19. The molecule has 0 spiro atoms. The summed E-state index contributed by atoms with van der Waals surface area (Å²) in [7, 11) is 1.96. The predicted molar refractivity (Wildman–Crippen MR) is 59.4 cm³/mol. The van der Waals surface area contributed by atoms with Gasteiger partial charge in [-0.3, -0.25) is 4.79 Å². The largest absolute Gasteiger partial charge is 0.345 e. The van der Waals surface area contributed by atoms with Gasteiger partial charge in [0.1, 0.15) is 0 Å². The Kier molecular flexibility index (Phi) is 2.77. The van der Waals surface area contributed by atoms with Crippen molar-refractivity contribution in [2.45, 2.75) is 12.8 Å². The Hall–Kier alpha value is -0.960. The highest BCUT2D eigenvalue weighted by molar-refractivity contribution is 8.06. The minimum atomic E-state index is 0.192. The maximum absolute atomic E-state index is 11.8. The normalized spacial score (nSPS) is 24.1. The number of carbonyl (C=O) groups is 1. The van der Waals surface area contributed by atoms with Crippen molar-refractivity contribution >= 4 is 17.5 Å². The molecular weight excluding hydrogens is 194 g/mol. The summed E-state index contributed by atoms with van der Waals surface area (Å²) in [4.78, 5) is 13.7. The van der Waals surface area contributed by atoms with Crippen LogP contribution in [0.4, 0.5) is 0 Å². The van der Waals surface area contributed by atoms with Gasteiger partial charge >= 0.3 is 0 Å². The van der Waals surface area contributed by atoms with Crippen LogP contribution in [0.15, 0.2) is 34.9 Å². The molecule has 3 heteroatoms. The third kappa shape index (κ3) is 1.93. The summed E-state index contributed by atoms with van der Waals surface area (Å²) in [5, 5.41) is 3.02. The highest BCUT2D eigenvalue weighted by Crippen LogP contribution is 2.28. The Morgan fingerprint density at radius 2 is 2.29 bits per heavy atom. The monoisotopic (exact) mass is 207 g/mol. The van der Waals surface area contributed by atoms with E-state index in [1.54, 1.807) is 17.8 Å². The third-order valence-electron chi connectivity index (χ3n) is 2.50. The number of rotatable bonds is 2. The van der Waals surface area contributed by atoms with Gasteiger partial charge in [0.25, 0.3) is 0 Å². The molecule has 0 aromatic heterocycles. The van der Waals surface area contributed by atoms with E-state index in [2.05, 4.69) is 12.2 Å². The van der Waals surface area contributed by atoms with Gasteiger partial charge in [-0.1, -0.05) is 23.9 Å². The average molecular weight is 207 g/mol. The van der Waals surface area contributed by atoms with Gasteiger partial charge in [-0.2, -0.15) is 0 Å². The maximum Gasteiger partial charge on any atom is 0.162 e. The molecule has 2 rings (SSSR count). The van der Waals surface area contributed by atoms with E-state index in [0.29, 0.717) is 0 Å². The quantitative estimate of drug-likeness (QED) is 0.512. The van der Waals surface area contributed by atoms with Gasteiger partial charge in [0.05, 0.1) is 5.03 Å². The Morgan fingerprint density at radius 1 is 1.57 bits per heavy atom. The molecule has 2 nitrogen and oxygen atoms in total. The van der Waals surface area contributed by atoms with Gasteiger partial charge in [-0.05, 0) is 18.2 Å². The highest BCUT2D eigenvalue weighted by atomic mass is 32.2. The van der Waals surface area contributed by atoms with E-state index >= 15 is 0 Å². The molecule has 14 heavy (non-hydrogen) atoms. The lowest BCUT2D eigenvalue weighted by atomic mass is 10.0. The Balaban J connectivity index is 1.99. The number of ketones is 1. The smallest absolute Gasteiger partial charge is 0.162 e. The molecule has 1 aliphatic carbocycles. The van der Waals surface area contributed by atoms with Crippen LogP contribution in [0.2, 0.25) is 0 Å². The number of hydrogen-bond acceptors (Lipinski definition) is 3. The molecule has 1 aliphatic heterocycles. The van der Waals surface area contributed by atoms with Crippen molar-refractivity contribution in [3.8, 4) is 0 Å². The van der Waals surface area contributed by atoms with Gasteiger partial charge in [0, 0.05) is 25.2 Å². The summed E-state index contributed by atoms with van der Waals surface area (Å²) in [6.45, 7) is 0. The lowest BCUT2D eigenvalue weighted by molar-refractivity contribution is -0.117. The fraction of sp³-hybridized carbons (Fsp3) is 0.364. The van der Waals surface area contributed by atoms with Crippen LogP contribution < -0.4 is 0 Å². The molecule has 2 aliphatic rings. The average Bonchev–Trinajstić information content (AvgIpc) is 2.77. The van der Waals surface area contributed by atoms with E-state index in [4.69, 9.17) is 0 Å². The summed E-state index contributed by atoms with van der Waals surface area (Å²) in [6, 6.07) is 0. The number of nitrogens with zero attached hydrogens (tertiary/aromatic N) is 1. The van der Waals surface area contributed by atoms with Gasteiger partial charge in [-0.15, -0.1) is 0 Å². The van der Waals surface area contributed by atoms with Gasteiger partial charge in [0.15, 0.2) is 5.78 Å². The maximum atomic E-state index is 11.8. The third-order valence-corrected chi connectivity index (χ3v) is 3.40. The first-order valence-electron chi connectivity index (χ1n) is 4.74. The summed E-state index contributed by atoms with van der Waals surface area (Å²) in [5.74, 6) is 0.449. The van der Waals surface area contributed by atoms with Crippen molar-refractivity contribution in [3.05, 3.63) is 34.9 Å². The first kappa shape index (κ1) is 9.59. The standard InChI is InChI=1S/C11H13NOS/c1-12-6-7-14-11(12)8-10(13)9-4-2-3-5-9/h2-3,6-9H,4-5H2,1H3/b11-8+. The van der Waals surface area contributed by atoms with E-state index in [1.165, 1.54) is 0 Å². The lowest BCUT2D eigenvalue weighted by Gasteiger charge is -2.10. The Labute approximate surface area is 88.4 Å². The number of carbonyl (C=O) groups excluding carboxylic acids is 1. The van der Waals surface area contributed by atoms with Gasteiger partial charge in [0.2, 0.25) is 0 Å². The topological polar surface area (TPSA) is 20.3 Å². The van der Waals surface area contributed by atoms with E-state index in [1.807, 2.05) is 23.6 Å². The first-order valence-corrected chi connectivity index (χ1v) is 5.62. The van der Waals surface area contributed by atoms with Gasteiger partial charge in [-0.25, -0.2) is 0 Å². The number of thioether (sulfide) groups is 1. The first-order chi connectivity index (χ1) is 6.77. The van der Waals surface area contributed by atoms with E-state index < -0.39 is 0 Å². The molecule has 74 valence electrons. The molecule has 0 fully saturated rings. The van der Waals surface area contributed by atoms with Crippen LogP contribution in [0.3, 0.4) is 0 Å². The molecule has 0 atom stereocenters. The van der Waals surface area contributed by atoms with Crippen LogP contribution in [0.1, 0.15) is 12.8 Å². The molecule has 0 amide bonds. The second kappa shape index (κ2) is 4.05. The van der Waals surface area contributed by atoms with Crippen molar-refractivity contribution in [3.63, 3.8) is 0 Å². The predicted octanol–water partition coefficient (Wildman–Crippen LogP) is 2.51. The zero-order chi connectivity index (χ0) is 9.97. The van der Waals surface area contributed by atoms with E-state index in [-0.39, 0.29) is 11.7 Å². The summed E-state index contributed by atoms with van der Waals surface area (Å²) >= 11 is 1.60. The van der Waals surface area contributed by atoms with Crippen LogP contribution in [0.5, 0.6) is 0 Å². The minimum absolute atomic E-state index is 0.192. The SMILES string of the molecule is CN1C=CS/C1=C/C(=O)C1CC=CC1.